The number of nitrogens with one attached hydrogen (secondary N) is 2. The van der Waals surface area contributed by atoms with Crippen LogP contribution in [0.5, 0.6) is 5.75 Å². The highest BCUT2D eigenvalue weighted by atomic mass is 32.3. The highest BCUT2D eigenvalue weighted by Crippen LogP contribution is 2.15. The predicted molar refractivity (Wildman–Crippen MR) is 84.3 cm³/mol. The molecule has 1 aromatic carbocycles. The van der Waals surface area contributed by atoms with Crippen molar-refractivity contribution in [1.82, 2.24) is 10.6 Å². The van der Waals surface area contributed by atoms with E-state index in [1.165, 1.54) is 24.3 Å². The second-order valence-corrected chi connectivity index (χ2v) is 6.63. The topological polar surface area (TPSA) is 162 Å². The minimum atomic E-state index is -4.63. The number of β-amino-alcohol motifs (C(OH)–C–C–N with tert-alkyl or cyclic N) is 1. The lowest BCUT2D eigenvalue weighted by Crippen LogP contribution is -2.49. The molecule has 138 valence electrons. The molecule has 0 aliphatic carbocycles. The molecular formula is C14H18N2O8S. The summed E-state index contributed by atoms with van der Waals surface area (Å²) in [5.41, 5.74) is 0.509. The molecule has 1 amide bonds. The minimum absolute atomic E-state index is 0.0392. The summed E-state index contributed by atoms with van der Waals surface area (Å²) in [4.78, 5) is 23.4. The molecule has 0 unspecified atom stereocenters. The van der Waals surface area contributed by atoms with Crippen LogP contribution in [0.25, 0.3) is 0 Å². The zero-order valence-corrected chi connectivity index (χ0v) is 13.8. The van der Waals surface area contributed by atoms with E-state index in [9.17, 15) is 28.2 Å². The molecule has 0 spiro atoms. The summed E-state index contributed by atoms with van der Waals surface area (Å²) >= 11 is 0. The van der Waals surface area contributed by atoms with Crippen LogP contribution in [0.1, 0.15) is 12.0 Å². The number of hydrogen-bond donors (Lipinski definition) is 5. The van der Waals surface area contributed by atoms with Crippen LogP contribution in [0.15, 0.2) is 24.3 Å². The van der Waals surface area contributed by atoms with E-state index in [1.807, 2.05) is 0 Å². The van der Waals surface area contributed by atoms with Gasteiger partial charge in [0.25, 0.3) is 0 Å². The quantitative estimate of drug-likeness (QED) is 0.365. The van der Waals surface area contributed by atoms with Gasteiger partial charge < -0.3 is 25.0 Å². The van der Waals surface area contributed by atoms with E-state index >= 15 is 0 Å². The van der Waals surface area contributed by atoms with Crippen molar-refractivity contribution >= 4 is 22.3 Å². The Hall–Kier alpha value is -2.21. The zero-order chi connectivity index (χ0) is 18.6. The van der Waals surface area contributed by atoms with Crippen LogP contribution in [-0.2, 0) is 26.4 Å². The predicted octanol–water partition coefficient (Wildman–Crippen LogP) is -1.30. The van der Waals surface area contributed by atoms with Crippen LogP contribution >= 0.6 is 0 Å². The Labute approximate surface area is 143 Å². The van der Waals surface area contributed by atoms with Gasteiger partial charge in [-0.3, -0.25) is 9.35 Å². The number of rotatable bonds is 7. The van der Waals surface area contributed by atoms with Crippen LogP contribution in [-0.4, -0.2) is 59.8 Å². The number of amides is 1. The largest absolute Gasteiger partial charge is 0.480 e. The molecule has 1 fully saturated rings. The molecule has 1 aliphatic heterocycles. The average molecular weight is 374 g/mol. The van der Waals surface area contributed by atoms with Crippen LogP contribution in [0.4, 0.5) is 0 Å². The molecule has 1 aromatic rings. The fraction of sp³-hybridized carbons (Fsp3) is 0.429. The van der Waals surface area contributed by atoms with Crippen LogP contribution in [0, 0.1) is 0 Å². The molecular weight excluding hydrogens is 356 g/mol. The van der Waals surface area contributed by atoms with Gasteiger partial charge in [0.15, 0.2) is 0 Å². The Kier molecular flexibility index (Phi) is 5.95. The van der Waals surface area contributed by atoms with Gasteiger partial charge >= 0.3 is 16.4 Å². The van der Waals surface area contributed by atoms with Crippen molar-refractivity contribution in [2.75, 3.05) is 6.54 Å². The standard InChI is InChI=1S/C14H18N2O8S/c17-9-6-11(15-7-9)13(18)16-12(14(19)20)5-8-1-3-10(4-2-8)24-25(21,22)23/h1-4,9,11-12,15,17H,5-7H2,(H,16,18)(H,19,20)(H,21,22,23)/t9-,11+,12+/m1/s1. The van der Waals surface area contributed by atoms with Crippen molar-refractivity contribution in [3.8, 4) is 5.75 Å². The minimum Gasteiger partial charge on any atom is -0.480 e. The summed E-state index contributed by atoms with van der Waals surface area (Å²) in [5.74, 6) is -1.88. The Balaban J connectivity index is 1.99. The molecule has 0 saturated carbocycles. The summed E-state index contributed by atoms with van der Waals surface area (Å²) in [5, 5.41) is 23.9. The highest BCUT2D eigenvalue weighted by molar-refractivity contribution is 7.81. The maximum atomic E-state index is 12.0. The fourth-order valence-corrected chi connectivity index (χ4v) is 2.78. The highest BCUT2D eigenvalue weighted by Gasteiger charge is 2.31. The summed E-state index contributed by atoms with van der Waals surface area (Å²) in [7, 11) is -4.63. The van der Waals surface area contributed by atoms with Crippen LogP contribution < -0.4 is 14.8 Å². The number of benzene rings is 1. The van der Waals surface area contributed by atoms with Gasteiger partial charge in [-0.25, -0.2) is 4.79 Å². The van der Waals surface area contributed by atoms with E-state index in [4.69, 9.17) is 4.55 Å². The number of carbonyl (C=O) groups is 2. The van der Waals surface area contributed by atoms with Gasteiger partial charge in [0.1, 0.15) is 11.8 Å². The lowest BCUT2D eigenvalue weighted by Gasteiger charge is -2.17. The van der Waals surface area contributed by atoms with Crippen molar-refractivity contribution in [1.29, 1.82) is 0 Å². The van der Waals surface area contributed by atoms with Gasteiger partial charge in [-0.05, 0) is 24.1 Å². The van der Waals surface area contributed by atoms with E-state index in [-0.39, 0.29) is 25.1 Å². The molecule has 1 heterocycles. The Morgan fingerprint density at radius 3 is 2.44 bits per heavy atom. The third-order valence-corrected chi connectivity index (χ3v) is 4.01. The van der Waals surface area contributed by atoms with Gasteiger partial charge in [-0.15, -0.1) is 0 Å². The van der Waals surface area contributed by atoms with E-state index in [2.05, 4.69) is 14.8 Å². The summed E-state index contributed by atoms with van der Waals surface area (Å²) in [6.45, 7) is 0.269. The first-order valence-electron chi connectivity index (χ1n) is 7.34. The molecule has 0 bridgehead atoms. The molecule has 2 rings (SSSR count). The van der Waals surface area contributed by atoms with Crippen LogP contribution in [0.2, 0.25) is 0 Å². The molecule has 11 heteroatoms. The maximum Gasteiger partial charge on any atom is 0.446 e. The Morgan fingerprint density at radius 2 is 1.96 bits per heavy atom. The third-order valence-electron chi connectivity index (χ3n) is 3.60. The molecule has 10 nitrogen and oxygen atoms in total. The number of aliphatic hydroxyl groups is 1. The van der Waals surface area contributed by atoms with Gasteiger partial charge in [0, 0.05) is 13.0 Å². The van der Waals surface area contributed by atoms with Crippen LogP contribution in [0.3, 0.4) is 0 Å². The smallest absolute Gasteiger partial charge is 0.446 e. The van der Waals surface area contributed by atoms with E-state index in [0.717, 1.165) is 0 Å². The van der Waals surface area contributed by atoms with Gasteiger partial charge in [-0.1, -0.05) is 12.1 Å². The number of hydrogen-bond acceptors (Lipinski definition) is 7. The van der Waals surface area contributed by atoms with Crippen molar-refractivity contribution in [2.45, 2.75) is 31.0 Å². The van der Waals surface area contributed by atoms with Crippen molar-refractivity contribution in [3.05, 3.63) is 29.8 Å². The van der Waals surface area contributed by atoms with Crippen molar-refractivity contribution in [2.24, 2.45) is 0 Å². The SMILES string of the molecule is O=C(O)[C@H](Cc1ccc(OS(=O)(=O)O)cc1)NC(=O)[C@@H]1C[C@@H](O)CN1. The molecule has 1 aliphatic rings. The third kappa shape index (κ3) is 5.98. The van der Waals surface area contributed by atoms with E-state index < -0.39 is 40.5 Å². The van der Waals surface area contributed by atoms with Crippen molar-refractivity contribution < 1.29 is 37.0 Å². The Bertz CT molecular complexity index is 734. The zero-order valence-electron chi connectivity index (χ0n) is 13.0. The van der Waals surface area contributed by atoms with Gasteiger partial charge in [-0.2, -0.15) is 8.42 Å². The number of carboxylic acids is 1. The number of aliphatic hydroxyl groups excluding tert-OH is 1. The maximum absolute atomic E-state index is 12.0. The number of carboxylic acid groups (broad SMARTS) is 1. The summed E-state index contributed by atoms with van der Waals surface area (Å²) in [6, 6.07) is 3.49. The Morgan fingerprint density at radius 1 is 1.32 bits per heavy atom. The lowest BCUT2D eigenvalue weighted by atomic mass is 10.0. The van der Waals surface area contributed by atoms with E-state index in [1.54, 1.807) is 0 Å². The molecule has 0 aromatic heterocycles. The van der Waals surface area contributed by atoms with Gasteiger partial charge in [0.2, 0.25) is 5.91 Å². The summed E-state index contributed by atoms with van der Waals surface area (Å²) < 4.78 is 34.1. The first-order chi connectivity index (χ1) is 11.6. The molecule has 25 heavy (non-hydrogen) atoms. The molecule has 0 radical (unpaired) electrons. The molecule has 5 N–H and O–H groups in total. The van der Waals surface area contributed by atoms with Gasteiger partial charge in [0.05, 0.1) is 12.1 Å². The first-order valence-corrected chi connectivity index (χ1v) is 8.71. The number of aliphatic carboxylic acids is 1. The van der Waals surface area contributed by atoms with E-state index in [0.29, 0.717) is 5.56 Å². The first kappa shape index (κ1) is 19.1. The summed E-state index contributed by atoms with van der Waals surface area (Å²) in [6.07, 6.45) is -0.475. The second kappa shape index (κ2) is 7.78. The molecule has 1 saturated heterocycles. The fourth-order valence-electron chi connectivity index (χ4n) is 2.43. The normalized spacial score (nSPS) is 21.5. The lowest BCUT2D eigenvalue weighted by molar-refractivity contribution is -0.142. The number of carbonyl (C=O) groups excluding carboxylic acids is 1. The second-order valence-electron chi connectivity index (χ2n) is 5.61. The monoisotopic (exact) mass is 374 g/mol. The van der Waals surface area contributed by atoms with Crippen molar-refractivity contribution in [3.63, 3.8) is 0 Å². The average Bonchev–Trinajstić information content (AvgIpc) is 2.93. The molecule has 3 atom stereocenters.